The first-order chi connectivity index (χ1) is 17.0. The van der Waals surface area contributed by atoms with Gasteiger partial charge in [0.25, 0.3) is 0 Å². The van der Waals surface area contributed by atoms with Crippen molar-refractivity contribution in [1.29, 1.82) is 0 Å². The van der Waals surface area contributed by atoms with Crippen LogP contribution in [0.5, 0.6) is 0 Å². The van der Waals surface area contributed by atoms with Gasteiger partial charge < -0.3 is 23.7 Å². The Morgan fingerprint density at radius 1 is 0.568 bits per heavy atom. The Kier molecular flexibility index (Phi) is 13.2. The second-order valence-electron chi connectivity index (χ2n) is 8.19. The van der Waals surface area contributed by atoms with Crippen molar-refractivity contribution in [3.8, 4) is 0 Å². The van der Waals surface area contributed by atoms with Gasteiger partial charge in [0.2, 0.25) is 0 Å². The molecule has 11 nitrogen and oxygen atoms in total. The van der Waals surface area contributed by atoms with Gasteiger partial charge in [-0.1, -0.05) is 32.9 Å². The average Bonchev–Trinajstić information content (AvgIpc) is 2.81. The van der Waals surface area contributed by atoms with E-state index in [0.717, 1.165) is 0 Å². The van der Waals surface area contributed by atoms with Gasteiger partial charge in [-0.25, -0.2) is 24.0 Å². The molecular formula is C26H32O11. The van der Waals surface area contributed by atoms with Crippen molar-refractivity contribution in [2.45, 2.75) is 59.0 Å². The van der Waals surface area contributed by atoms with Crippen molar-refractivity contribution in [2.75, 3.05) is 6.61 Å². The van der Waals surface area contributed by atoms with Crippen molar-refractivity contribution in [3.05, 3.63) is 60.8 Å². The second-order valence-corrected chi connectivity index (χ2v) is 8.19. The van der Waals surface area contributed by atoms with Crippen LogP contribution in [0.15, 0.2) is 60.8 Å². The number of hydrogen-bond donors (Lipinski definition) is 0. The smallest absolute Gasteiger partial charge is 0.333 e. The molecule has 0 amide bonds. The molecule has 0 unspecified atom stereocenters. The Balaban J connectivity index is 6.88. The lowest BCUT2D eigenvalue weighted by Crippen LogP contribution is -2.54. The Labute approximate surface area is 215 Å². The predicted octanol–water partition coefficient (Wildman–Crippen LogP) is 2.26. The zero-order valence-corrected chi connectivity index (χ0v) is 21.6. The van der Waals surface area contributed by atoms with E-state index in [1.54, 1.807) is 0 Å². The standard InChI is InChI=1S/C26H32O11/c1-13(2)22(28)33-12-19(35-24(30)15(5)6)21(37-26(32)17(9)10)20(36-25(31)16(7)8)18(11-27)34-23(29)14(3)4/h11,18-21H,1,3,5,7,9,12H2,2,4,6,8,10H3/t18-,19-,20-,21-/m1/s1. The molecule has 202 valence electrons. The Morgan fingerprint density at radius 2 is 0.919 bits per heavy atom. The minimum Gasteiger partial charge on any atom is -0.458 e. The molecule has 0 saturated heterocycles. The second kappa shape index (κ2) is 15.0. The van der Waals surface area contributed by atoms with Gasteiger partial charge in [-0.05, 0) is 34.6 Å². The summed E-state index contributed by atoms with van der Waals surface area (Å²) in [4.78, 5) is 73.6. The molecule has 0 radical (unpaired) electrons. The summed E-state index contributed by atoms with van der Waals surface area (Å²) >= 11 is 0. The minimum atomic E-state index is -1.90. The van der Waals surface area contributed by atoms with Crippen LogP contribution in [0, 0.1) is 0 Å². The summed E-state index contributed by atoms with van der Waals surface area (Å²) in [7, 11) is 0. The molecule has 37 heavy (non-hydrogen) atoms. The van der Waals surface area contributed by atoms with Crippen LogP contribution in [0.3, 0.4) is 0 Å². The first-order valence-electron chi connectivity index (χ1n) is 10.8. The number of carbonyl (C=O) groups excluding carboxylic acids is 6. The highest BCUT2D eigenvalue weighted by Gasteiger charge is 2.45. The fourth-order valence-corrected chi connectivity index (χ4v) is 2.24. The minimum absolute atomic E-state index is 0.00752. The highest BCUT2D eigenvalue weighted by Crippen LogP contribution is 2.22. The van der Waals surface area contributed by atoms with Crippen LogP contribution in [-0.4, -0.2) is 67.2 Å². The normalized spacial score (nSPS) is 13.3. The summed E-state index contributed by atoms with van der Waals surface area (Å²) in [5.41, 5.74) is -0.451. The van der Waals surface area contributed by atoms with E-state index in [1.807, 2.05) is 0 Å². The first-order valence-corrected chi connectivity index (χ1v) is 10.8. The van der Waals surface area contributed by atoms with E-state index in [9.17, 15) is 28.8 Å². The van der Waals surface area contributed by atoms with E-state index >= 15 is 0 Å². The summed E-state index contributed by atoms with van der Waals surface area (Å²) < 4.78 is 26.2. The van der Waals surface area contributed by atoms with Crippen LogP contribution in [0.1, 0.15) is 34.6 Å². The van der Waals surface area contributed by atoms with Gasteiger partial charge in [0.15, 0.2) is 30.7 Å². The largest absolute Gasteiger partial charge is 0.458 e. The fraction of sp³-hybridized carbons (Fsp3) is 0.385. The SMILES string of the molecule is C=C(C)C(=O)OC[C@@H](OC(=O)C(=C)C)[C@@H](OC(=O)C(=C)C)[C@H](OC(=O)C(=C)C)[C@@H](C=O)OC(=O)C(=C)C. The summed E-state index contributed by atoms with van der Waals surface area (Å²) in [5, 5.41) is 0. The van der Waals surface area contributed by atoms with Gasteiger partial charge in [-0.2, -0.15) is 0 Å². The maximum absolute atomic E-state index is 12.5. The molecule has 0 N–H and O–H groups in total. The van der Waals surface area contributed by atoms with E-state index in [4.69, 9.17) is 23.7 Å². The van der Waals surface area contributed by atoms with Crippen molar-refractivity contribution in [1.82, 2.24) is 0 Å². The van der Waals surface area contributed by atoms with Crippen LogP contribution in [0.2, 0.25) is 0 Å². The van der Waals surface area contributed by atoms with Gasteiger partial charge in [-0.3, -0.25) is 4.79 Å². The summed E-state index contributed by atoms with van der Waals surface area (Å²) in [6.07, 6.45) is -7.24. The molecule has 0 rings (SSSR count). The Morgan fingerprint density at radius 3 is 1.30 bits per heavy atom. The van der Waals surface area contributed by atoms with E-state index < -0.39 is 60.9 Å². The number of esters is 5. The third kappa shape index (κ3) is 10.9. The van der Waals surface area contributed by atoms with Gasteiger partial charge >= 0.3 is 29.8 Å². The van der Waals surface area contributed by atoms with Crippen LogP contribution in [0.4, 0.5) is 0 Å². The lowest BCUT2D eigenvalue weighted by molar-refractivity contribution is -0.198. The molecule has 0 fully saturated rings. The number of hydrogen-bond acceptors (Lipinski definition) is 11. The summed E-state index contributed by atoms with van der Waals surface area (Å²) in [6, 6.07) is 0. The first kappa shape index (κ1) is 32.7. The quantitative estimate of drug-likeness (QED) is 0.135. The lowest BCUT2D eigenvalue weighted by Gasteiger charge is -2.34. The fourth-order valence-electron chi connectivity index (χ4n) is 2.24. The molecule has 0 aromatic rings. The zero-order valence-electron chi connectivity index (χ0n) is 21.6. The topological polar surface area (TPSA) is 149 Å². The van der Waals surface area contributed by atoms with E-state index in [1.165, 1.54) is 34.6 Å². The van der Waals surface area contributed by atoms with Gasteiger partial charge in [-0.15, -0.1) is 0 Å². The van der Waals surface area contributed by atoms with Gasteiger partial charge in [0.05, 0.1) is 0 Å². The maximum atomic E-state index is 12.5. The molecule has 0 heterocycles. The van der Waals surface area contributed by atoms with Crippen molar-refractivity contribution >= 4 is 36.1 Å². The monoisotopic (exact) mass is 520 g/mol. The molecule has 0 aromatic carbocycles. The van der Waals surface area contributed by atoms with Crippen LogP contribution in [0.25, 0.3) is 0 Å². The number of ether oxygens (including phenoxy) is 5. The predicted molar refractivity (Wildman–Crippen MR) is 131 cm³/mol. The molecular weight excluding hydrogens is 488 g/mol. The molecule has 0 aliphatic heterocycles. The Bertz CT molecular complexity index is 1020. The highest BCUT2D eigenvalue weighted by atomic mass is 16.6. The van der Waals surface area contributed by atoms with Crippen LogP contribution in [-0.2, 0) is 52.5 Å². The highest BCUT2D eigenvalue weighted by molar-refractivity contribution is 5.90. The third-order valence-corrected chi connectivity index (χ3v) is 4.26. The third-order valence-electron chi connectivity index (χ3n) is 4.26. The molecule has 0 aromatic heterocycles. The van der Waals surface area contributed by atoms with E-state index in [0.29, 0.717) is 0 Å². The lowest BCUT2D eigenvalue weighted by atomic mass is 10.0. The van der Waals surface area contributed by atoms with Crippen LogP contribution >= 0.6 is 0 Å². The van der Waals surface area contributed by atoms with Crippen LogP contribution < -0.4 is 0 Å². The van der Waals surface area contributed by atoms with Crippen molar-refractivity contribution in [3.63, 3.8) is 0 Å². The van der Waals surface area contributed by atoms with Crippen molar-refractivity contribution in [2.24, 2.45) is 0 Å². The molecule has 11 heteroatoms. The van der Waals surface area contributed by atoms with Gasteiger partial charge in [0.1, 0.15) is 6.61 Å². The molecule has 0 spiro atoms. The number of aldehydes is 1. The molecule has 0 aliphatic carbocycles. The zero-order chi connectivity index (χ0) is 29.0. The molecule has 0 bridgehead atoms. The number of rotatable bonds is 15. The van der Waals surface area contributed by atoms with Crippen molar-refractivity contribution < 1.29 is 52.5 Å². The summed E-state index contributed by atoms with van der Waals surface area (Å²) in [5.74, 6) is -5.05. The molecule has 0 saturated carbocycles. The maximum Gasteiger partial charge on any atom is 0.333 e. The van der Waals surface area contributed by atoms with Gasteiger partial charge in [0, 0.05) is 27.9 Å². The average molecular weight is 521 g/mol. The molecule has 4 atom stereocenters. The van der Waals surface area contributed by atoms with E-state index in [2.05, 4.69) is 32.9 Å². The van der Waals surface area contributed by atoms with E-state index in [-0.39, 0.29) is 34.2 Å². The molecule has 0 aliphatic rings. The summed E-state index contributed by atoms with van der Waals surface area (Å²) in [6.45, 7) is 23.0. The number of carbonyl (C=O) groups is 6. The Hall–Kier alpha value is -4.28.